The van der Waals surface area contributed by atoms with Gasteiger partial charge in [-0.15, -0.1) is 0 Å². The van der Waals surface area contributed by atoms with Crippen LogP contribution in [0.1, 0.15) is 5.56 Å². The topological polar surface area (TPSA) is 57.9 Å². The lowest BCUT2D eigenvalue weighted by Gasteiger charge is -1.98. The van der Waals surface area contributed by atoms with Gasteiger partial charge in [0.15, 0.2) is 9.84 Å². The minimum Gasteiger partial charge on any atom is -0.219 e. The monoisotopic (exact) mass is 233 g/mol. The number of hydrogen-bond donors (Lipinski definition) is 0. The fraction of sp³-hybridized carbons (Fsp3) is 0.0833. The molecule has 0 radical (unpaired) electrons. The van der Waals surface area contributed by atoms with Crippen LogP contribution in [0.3, 0.4) is 0 Å². The van der Waals surface area contributed by atoms with E-state index in [1.165, 1.54) is 18.2 Å². The maximum Gasteiger partial charge on any atom is 0.199 e. The molecule has 0 amide bonds. The molecule has 82 valence electrons. The Morgan fingerprint density at radius 2 is 1.81 bits per heavy atom. The second-order valence-corrected chi connectivity index (χ2v) is 5.01. The highest BCUT2D eigenvalue weighted by molar-refractivity contribution is 7.94. The maximum absolute atomic E-state index is 11.7. The highest BCUT2D eigenvalue weighted by Gasteiger charge is 2.08. The van der Waals surface area contributed by atoms with E-state index in [1.807, 2.05) is 6.92 Å². The first-order valence-corrected chi connectivity index (χ1v) is 6.15. The van der Waals surface area contributed by atoms with E-state index in [0.717, 1.165) is 11.0 Å². The van der Waals surface area contributed by atoms with E-state index in [0.29, 0.717) is 0 Å². The summed E-state index contributed by atoms with van der Waals surface area (Å²) in [5.74, 6) is 0. The summed E-state index contributed by atoms with van der Waals surface area (Å²) < 4.78 is 23.4. The normalized spacial score (nSPS) is 12.0. The zero-order valence-corrected chi connectivity index (χ0v) is 9.61. The zero-order valence-electron chi connectivity index (χ0n) is 8.79. The summed E-state index contributed by atoms with van der Waals surface area (Å²) in [6.45, 7) is 1.89. The number of hydrogen-bond acceptors (Lipinski definition) is 3. The van der Waals surface area contributed by atoms with Gasteiger partial charge in [-0.05, 0) is 25.1 Å². The van der Waals surface area contributed by atoms with E-state index in [4.69, 9.17) is 5.26 Å². The molecule has 1 rings (SSSR count). The van der Waals surface area contributed by atoms with Crippen molar-refractivity contribution in [2.45, 2.75) is 11.8 Å². The molecule has 16 heavy (non-hydrogen) atoms. The van der Waals surface area contributed by atoms with Gasteiger partial charge in [0, 0.05) is 11.5 Å². The molecule has 1 aromatic rings. The molecule has 0 heterocycles. The second-order valence-electron chi connectivity index (χ2n) is 3.17. The van der Waals surface area contributed by atoms with Crippen molar-refractivity contribution in [2.75, 3.05) is 0 Å². The molecule has 0 saturated heterocycles. The lowest BCUT2D eigenvalue weighted by atomic mass is 10.2. The van der Waals surface area contributed by atoms with Crippen LogP contribution in [0.2, 0.25) is 0 Å². The van der Waals surface area contributed by atoms with Crippen LogP contribution in [0, 0.1) is 18.3 Å². The fourth-order valence-corrected chi connectivity index (χ4v) is 2.02. The molecule has 0 fully saturated rings. The van der Waals surface area contributed by atoms with Crippen molar-refractivity contribution in [1.82, 2.24) is 0 Å². The summed E-state index contributed by atoms with van der Waals surface area (Å²) in [7, 11) is -3.40. The van der Waals surface area contributed by atoms with Crippen molar-refractivity contribution in [3.63, 3.8) is 0 Å². The van der Waals surface area contributed by atoms with Crippen molar-refractivity contribution in [2.24, 2.45) is 0 Å². The number of allylic oxidation sites excluding steroid dienone is 3. The lowest BCUT2D eigenvalue weighted by molar-refractivity contribution is 0.604. The van der Waals surface area contributed by atoms with Crippen LogP contribution in [0.5, 0.6) is 0 Å². The molecule has 0 bridgehead atoms. The SMILES string of the molecule is Cc1ccc(S(=O)(=O)/C=C/C=C/C#N)cc1. The van der Waals surface area contributed by atoms with Crippen LogP contribution in [-0.2, 0) is 9.84 Å². The molecule has 0 aromatic heterocycles. The van der Waals surface area contributed by atoms with Crippen LogP contribution in [-0.4, -0.2) is 8.42 Å². The zero-order chi connectivity index (χ0) is 12.0. The van der Waals surface area contributed by atoms with Gasteiger partial charge in [0.2, 0.25) is 0 Å². The molecule has 0 atom stereocenters. The third kappa shape index (κ3) is 3.37. The van der Waals surface area contributed by atoms with Gasteiger partial charge in [-0.1, -0.05) is 23.8 Å². The number of nitrogens with zero attached hydrogens (tertiary/aromatic N) is 1. The van der Waals surface area contributed by atoms with Crippen molar-refractivity contribution >= 4 is 9.84 Å². The molecular weight excluding hydrogens is 222 g/mol. The average molecular weight is 233 g/mol. The molecule has 0 aliphatic rings. The van der Waals surface area contributed by atoms with Gasteiger partial charge in [0.25, 0.3) is 0 Å². The summed E-state index contributed by atoms with van der Waals surface area (Å²) in [5.41, 5.74) is 1.01. The van der Waals surface area contributed by atoms with Crippen LogP contribution >= 0.6 is 0 Å². The van der Waals surface area contributed by atoms with Crippen molar-refractivity contribution < 1.29 is 8.42 Å². The molecule has 0 aliphatic heterocycles. The highest BCUT2D eigenvalue weighted by Crippen LogP contribution is 2.12. The van der Waals surface area contributed by atoms with Gasteiger partial charge in [-0.2, -0.15) is 5.26 Å². The first-order chi connectivity index (χ1) is 7.56. The predicted molar refractivity (Wildman–Crippen MR) is 62.3 cm³/mol. The van der Waals surface area contributed by atoms with E-state index >= 15 is 0 Å². The second kappa shape index (κ2) is 5.29. The van der Waals surface area contributed by atoms with Gasteiger partial charge in [0.1, 0.15) is 0 Å². The van der Waals surface area contributed by atoms with Crippen LogP contribution in [0.25, 0.3) is 0 Å². The summed E-state index contributed by atoms with van der Waals surface area (Å²) in [6, 6.07) is 8.38. The first kappa shape index (κ1) is 12.2. The first-order valence-electron chi connectivity index (χ1n) is 4.61. The van der Waals surface area contributed by atoms with E-state index in [1.54, 1.807) is 30.3 Å². The average Bonchev–Trinajstić information content (AvgIpc) is 2.25. The standard InChI is InChI=1S/C12H11NO2S/c1-11-5-7-12(8-6-11)16(14,15)10-4-2-3-9-13/h2-8,10H,1H3/b3-2+,10-4+. The van der Waals surface area contributed by atoms with E-state index in [-0.39, 0.29) is 4.90 Å². The van der Waals surface area contributed by atoms with E-state index < -0.39 is 9.84 Å². The van der Waals surface area contributed by atoms with Crippen LogP contribution < -0.4 is 0 Å². The number of nitriles is 1. The third-order valence-electron chi connectivity index (χ3n) is 1.89. The summed E-state index contributed by atoms with van der Waals surface area (Å²) in [6.07, 6.45) is 3.92. The number of benzene rings is 1. The molecule has 0 aliphatic carbocycles. The maximum atomic E-state index is 11.7. The predicted octanol–water partition coefficient (Wildman–Crippen LogP) is 2.36. The molecule has 0 N–H and O–H groups in total. The van der Waals surface area contributed by atoms with E-state index in [2.05, 4.69) is 0 Å². The van der Waals surface area contributed by atoms with Crippen molar-refractivity contribution in [3.05, 3.63) is 53.5 Å². The molecular formula is C12H11NO2S. The van der Waals surface area contributed by atoms with Gasteiger partial charge in [-0.3, -0.25) is 0 Å². The Morgan fingerprint density at radius 3 is 2.38 bits per heavy atom. The Balaban J connectivity index is 2.95. The molecule has 0 saturated carbocycles. The Kier molecular flexibility index (Phi) is 4.03. The van der Waals surface area contributed by atoms with Gasteiger partial charge >= 0.3 is 0 Å². The largest absolute Gasteiger partial charge is 0.219 e. The summed E-state index contributed by atoms with van der Waals surface area (Å²) in [5, 5.41) is 9.30. The Labute approximate surface area is 95.3 Å². The number of rotatable bonds is 3. The summed E-state index contributed by atoms with van der Waals surface area (Å²) >= 11 is 0. The lowest BCUT2D eigenvalue weighted by Crippen LogP contribution is -1.95. The molecule has 0 unspecified atom stereocenters. The van der Waals surface area contributed by atoms with Crippen LogP contribution in [0.4, 0.5) is 0 Å². The molecule has 1 aromatic carbocycles. The minimum absolute atomic E-state index is 0.250. The number of aryl methyl sites for hydroxylation is 1. The molecule has 4 heteroatoms. The molecule has 3 nitrogen and oxygen atoms in total. The van der Waals surface area contributed by atoms with Gasteiger partial charge < -0.3 is 0 Å². The third-order valence-corrected chi connectivity index (χ3v) is 3.33. The summed E-state index contributed by atoms with van der Waals surface area (Å²) in [4.78, 5) is 0.250. The Hall–Kier alpha value is -1.86. The van der Waals surface area contributed by atoms with Gasteiger partial charge in [-0.25, -0.2) is 8.42 Å². The van der Waals surface area contributed by atoms with Crippen molar-refractivity contribution in [1.29, 1.82) is 5.26 Å². The minimum atomic E-state index is -3.40. The van der Waals surface area contributed by atoms with Crippen molar-refractivity contribution in [3.8, 4) is 6.07 Å². The van der Waals surface area contributed by atoms with Crippen LogP contribution in [0.15, 0.2) is 52.8 Å². The smallest absolute Gasteiger partial charge is 0.199 e. The number of sulfone groups is 1. The Morgan fingerprint density at radius 1 is 1.19 bits per heavy atom. The van der Waals surface area contributed by atoms with Gasteiger partial charge in [0.05, 0.1) is 11.0 Å². The fourth-order valence-electron chi connectivity index (χ4n) is 1.05. The molecule has 0 spiro atoms. The quantitative estimate of drug-likeness (QED) is 0.595. The van der Waals surface area contributed by atoms with E-state index in [9.17, 15) is 8.42 Å². The highest BCUT2D eigenvalue weighted by atomic mass is 32.2. The Bertz CT molecular complexity index is 546.